The van der Waals surface area contributed by atoms with E-state index in [9.17, 15) is 110 Å². The SMILES string of the molecule is CC(=O)N[C@H]1[C@H](O[C@H]2[C@H](O)[C@@H](O)[C@H](O)O[C@@H]2C(=O)O)O[C@H](CO)[C@@H](O)[C@@H]1O[C@@H]1O[C@H](C(=O)O)[C@@H](O[C@@H]2O[C@H](CO)[C@@H](O)[C@H](O[C@@H]3O[C@H](C(=O)O)[C@@H](O[C@@H]4O[C@H](CO)[C@@H](O)C[C@H]4NC(C)=O)[C@H](O)[C@H]3O)[C@H]2NC(C)=O)[C@H](O)[C@H]1O. The van der Waals surface area contributed by atoms with Gasteiger partial charge in [0, 0.05) is 27.2 Å². The van der Waals surface area contributed by atoms with Gasteiger partial charge in [-0.1, -0.05) is 0 Å². The van der Waals surface area contributed by atoms with E-state index in [0.717, 1.165) is 20.8 Å². The van der Waals surface area contributed by atoms with Crippen LogP contribution in [0.15, 0.2) is 0 Å². The number of aliphatic hydroxyl groups is 13. The van der Waals surface area contributed by atoms with Gasteiger partial charge in [0.1, 0.15) is 110 Å². The molecule has 0 saturated carbocycles. The molecule has 6 rings (SSSR count). The first-order chi connectivity index (χ1) is 36.6. The molecule has 0 radical (unpaired) electrons. The second-order valence-corrected chi connectivity index (χ2v) is 19.0. The third-order valence-electron chi connectivity index (χ3n) is 13.4. The summed E-state index contributed by atoms with van der Waals surface area (Å²) in [5.74, 6) is -8.32. The number of amides is 3. The number of nitrogens with one attached hydrogen (secondary N) is 3. The summed E-state index contributed by atoms with van der Waals surface area (Å²) in [6.07, 6.45) is -55.8. The van der Waals surface area contributed by atoms with E-state index < -0.39 is 233 Å². The number of carbonyl (C=O) groups excluding carboxylic acids is 3. The van der Waals surface area contributed by atoms with Crippen LogP contribution in [0, 0.1) is 0 Å². The third kappa shape index (κ3) is 13.8. The lowest BCUT2D eigenvalue weighted by Crippen LogP contribution is -2.71. The number of carboxylic acids is 3. The number of carboxylic acid groups (broad SMARTS) is 3. The molecule has 36 heteroatoms. The molecule has 0 aromatic rings. The molecular formula is C42H65N3O33. The molecule has 78 heavy (non-hydrogen) atoms. The molecule has 6 aliphatic heterocycles. The zero-order valence-electron chi connectivity index (χ0n) is 41.2. The van der Waals surface area contributed by atoms with Gasteiger partial charge in [-0.25, -0.2) is 14.4 Å². The molecule has 19 N–H and O–H groups in total. The van der Waals surface area contributed by atoms with Crippen LogP contribution in [-0.4, -0.2) is 315 Å². The van der Waals surface area contributed by atoms with Crippen LogP contribution in [0.3, 0.4) is 0 Å². The molecule has 0 unspecified atom stereocenters. The Labute approximate surface area is 438 Å². The molecular weight excluding hydrogens is 1070 g/mol. The minimum absolute atomic E-state index is 0.301. The maximum Gasteiger partial charge on any atom is 0.335 e. The highest BCUT2D eigenvalue weighted by molar-refractivity contribution is 5.75. The third-order valence-corrected chi connectivity index (χ3v) is 13.4. The molecule has 446 valence electrons. The number of aliphatic hydroxyl groups excluding tert-OH is 13. The molecule has 0 bridgehead atoms. The molecule has 0 aromatic carbocycles. The molecule has 6 heterocycles. The smallest absolute Gasteiger partial charge is 0.335 e. The fourth-order valence-corrected chi connectivity index (χ4v) is 9.60. The van der Waals surface area contributed by atoms with Crippen LogP contribution in [0.25, 0.3) is 0 Å². The average molecular weight is 1140 g/mol. The first kappa shape index (κ1) is 63.0. The van der Waals surface area contributed by atoms with Crippen LogP contribution in [0.5, 0.6) is 0 Å². The standard InChI is InChI=1S/C42H65N3O33/c1-8(49)43-11-4-12(52)13(5-46)68-38(11)74-29-21(56)24(59)41(77-32(29)35(63)64)72-27-17(45-10(3)51)40(70-15(7-48)19(27)54)76-30-22(57)25(60)42(78-33(30)36(65)66)73-26-16(44-9(2)50)39(69-14(6-47)18(26)53)75-28-20(55)23(58)37(67)71-31(28)34(61)62/h11-33,37-42,46-48,52-60,67H,4-7H2,1-3H3,(H,43,49)(H,44,50)(H,45,51)(H,61,62)(H,63,64)(H,65,66)/t11-,12+,13-,14-,15-,16-,17-,18-,19-,20-,21-,22-,23-,24-,25-,26-,27-,28+,29+,30+,31+,32+,33+,37-,38+,39+,40+,41-,42-/m1/s1. The molecule has 3 amide bonds. The van der Waals surface area contributed by atoms with Gasteiger partial charge in [0.05, 0.1) is 32.0 Å². The van der Waals surface area contributed by atoms with E-state index in [-0.39, 0.29) is 6.42 Å². The van der Waals surface area contributed by atoms with Crippen LogP contribution < -0.4 is 16.0 Å². The summed E-state index contributed by atoms with van der Waals surface area (Å²) >= 11 is 0. The Morgan fingerprint density at radius 2 is 0.731 bits per heavy atom. The Hall–Kier alpha value is -4.14. The summed E-state index contributed by atoms with van der Waals surface area (Å²) in [6, 6.07) is -5.11. The van der Waals surface area contributed by atoms with Crippen molar-refractivity contribution < 1.29 is 163 Å². The summed E-state index contributed by atoms with van der Waals surface area (Å²) < 4.78 is 61.5. The van der Waals surface area contributed by atoms with Crippen molar-refractivity contribution >= 4 is 35.6 Å². The lowest BCUT2D eigenvalue weighted by Gasteiger charge is -2.50. The normalized spacial score (nSPS) is 46.1. The second kappa shape index (κ2) is 26.6. The summed E-state index contributed by atoms with van der Waals surface area (Å²) in [5, 5.41) is 178. The van der Waals surface area contributed by atoms with E-state index in [1.807, 2.05) is 0 Å². The number of hydrogen-bond donors (Lipinski definition) is 19. The van der Waals surface area contributed by atoms with Crippen LogP contribution in [0.2, 0.25) is 0 Å². The Morgan fingerprint density at radius 1 is 0.397 bits per heavy atom. The molecule has 6 aliphatic rings. The average Bonchev–Trinajstić information content (AvgIpc) is 3.38. The van der Waals surface area contributed by atoms with Crippen LogP contribution in [0.1, 0.15) is 27.2 Å². The van der Waals surface area contributed by atoms with Gasteiger partial charge >= 0.3 is 17.9 Å². The van der Waals surface area contributed by atoms with Crippen LogP contribution in [0.4, 0.5) is 0 Å². The summed E-state index contributed by atoms with van der Waals surface area (Å²) in [6.45, 7) is -0.107. The predicted molar refractivity (Wildman–Crippen MR) is 234 cm³/mol. The number of rotatable bonds is 19. The van der Waals surface area contributed by atoms with Gasteiger partial charge in [-0.05, 0) is 0 Å². The lowest BCUT2D eigenvalue weighted by molar-refractivity contribution is -0.376. The highest BCUT2D eigenvalue weighted by Gasteiger charge is 2.60. The zero-order chi connectivity index (χ0) is 57.9. The van der Waals surface area contributed by atoms with Gasteiger partial charge < -0.3 is 150 Å². The van der Waals surface area contributed by atoms with E-state index in [4.69, 9.17) is 52.1 Å². The number of aliphatic carboxylic acids is 3. The van der Waals surface area contributed by atoms with Crippen molar-refractivity contribution in [1.29, 1.82) is 0 Å². The first-order valence-electron chi connectivity index (χ1n) is 24.0. The Kier molecular flexibility index (Phi) is 21.5. The zero-order valence-corrected chi connectivity index (χ0v) is 41.2. The second-order valence-electron chi connectivity index (χ2n) is 19.0. The van der Waals surface area contributed by atoms with Crippen molar-refractivity contribution in [3.8, 4) is 0 Å². The minimum Gasteiger partial charge on any atom is -0.479 e. The maximum atomic E-state index is 12.9. The fourth-order valence-electron chi connectivity index (χ4n) is 9.60. The summed E-state index contributed by atoms with van der Waals surface area (Å²) in [5.41, 5.74) is 0. The van der Waals surface area contributed by atoms with E-state index in [1.165, 1.54) is 0 Å². The minimum atomic E-state index is -2.51. The van der Waals surface area contributed by atoms with E-state index in [0.29, 0.717) is 0 Å². The van der Waals surface area contributed by atoms with Gasteiger partial charge in [0.25, 0.3) is 0 Å². The Morgan fingerprint density at radius 3 is 1.09 bits per heavy atom. The molecule has 6 saturated heterocycles. The van der Waals surface area contributed by atoms with Crippen molar-refractivity contribution in [3.05, 3.63) is 0 Å². The van der Waals surface area contributed by atoms with E-state index >= 15 is 0 Å². The van der Waals surface area contributed by atoms with Gasteiger partial charge in [-0.2, -0.15) is 0 Å². The van der Waals surface area contributed by atoms with Gasteiger partial charge in [-0.3, -0.25) is 14.4 Å². The molecule has 6 fully saturated rings. The van der Waals surface area contributed by atoms with E-state index in [1.54, 1.807) is 0 Å². The van der Waals surface area contributed by atoms with Gasteiger partial charge in [0.2, 0.25) is 17.7 Å². The summed E-state index contributed by atoms with van der Waals surface area (Å²) in [4.78, 5) is 74.9. The lowest BCUT2D eigenvalue weighted by atomic mass is 9.93. The number of ether oxygens (including phenoxy) is 11. The largest absolute Gasteiger partial charge is 0.479 e. The Balaban J connectivity index is 1.24. The number of hydrogen-bond acceptors (Lipinski definition) is 30. The quantitative estimate of drug-likeness (QED) is 0.0571. The van der Waals surface area contributed by atoms with Gasteiger partial charge in [-0.15, -0.1) is 0 Å². The van der Waals surface area contributed by atoms with Crippen LogP contribution >= 0.6 is 0 Å². The van der Waals surface area contributed by atoms with Crippen molar-refractivity contribution in [1.82, 2.24) is 16.0 Å². The van der Waals surface area contributed by atoms with Crippen molar-refractivity contribution in [3.63, 3.8) is 0 Å². The van der Waals surface area contributed by atoms with Crippen molar-refractivity contribution in [2.75, 3.05) is 19.8 Å². The molecule has 0 spiro atoms. The molecule has 29 atom stereocenters. The van der Waals surface area contributed by atoms with Crippen molar-refractivity contribution in [2.45, 2.75) is 205 Å². The van der Waals surface area contributed by atoms with Crippen LogP contribution in [-0.2, 0) is 80.9 Å². The summed E-state index contributed by atoms with van der Waals surface area (Å²) in [7, 11) is 0. The molecule has 0 aliphatic carbocycles. The highest BCUT2D eigenvalue weighted by atomic mass is 16.8. The highest BCUT2D eigenvalue weighted by Crippen LogP contribution is 2.37. The van der Waals surface area contributed by atoms with Gasteiger partial charge in [0.15, 0.2) is 56.1 Å². The Bertz CT molecular complexity index is 2080. The molecule has 36 nitrogen and oxygen atoms in total. The fraction of sp³-hybridized carbons (Fsp3) is 0.857. The predicted octanol–water partition coefficient (Wildman–Crippen LogP) is -12.4. The topological polar surface area (TPSA) is 564 Å². The maximum absolute atomic E-state index is 12.9. The van der Waals surface area contributed by atoms with E-state index in [2.05, 4.69) is 16.0 Å². The van der Waals surface area contributed by atoms with Crippen molar-refractivity contribution in [2.24, 2.45) is 0 Å². The molecule has 0 aromatic heterocycles. The monoisotopic (exact) mass is 1140 g/mol. The number of carbonyl (C=O) groups is 6. The first-order valence-corrected chi connectivity index (χ1v) is 24.0.